The van der Waals surface area contributed by atoms with Crippen molar-refractivity contribution in [3.63, 3.8) is 0 Å². The Morgan fingerprint density at radius 2 is 2.57 bits per heavy atom. The second-order valence-corrected chi connectivity index (χ2v) is 5.18. The van der Waals surface area contributed by atoms with E-state index >= 15 is 0 Å². The van der Waals surface area contributed by atoms with Crippen molar-refractivity contribution in [1.29, 1.82) is 0 Å². The smallest absolute Gasteiger partial charge is 0.0823 e. The Hall–Kier alpha value is -0.450. The molecule has 1 aliphatic rings. The molecule has 78 valence electrons. The normalized spacial score (nSPS) is 29.3. The summed E-state index contributed by atoms with van der Waals surface area (Å²) in [5.74, 6) is 0. The summed E-state index contributed by atoms with van der Waals surface area (Å²) in [6.07, 6.45) is 4.61. The number of hydrogen-bond acceptors (Lipinski definition) is 4. The van der Waals surface area contributed by atoms with Crippen LogP contribution in [0.4, 0.5) is 0 Å². The van der Waals surface area contributed by atoms with Crippen molar-refractivity contribution in [3.05, 3.63) is 16.6 Å². The monoisotopic (exact) mass is 212 g/mol. The zero-order valence-corrected chi connectivity index (χ0v) is 9.26. The highest BCUT2D eigenvalue weighted by molar-refractivity contribution is 7.09. The van der Waals surface area contributed by atoms with Crippen LogP contribution in [0.5, 0.6) is 0 Å². The van der Waals surface area contributed by atoms with Crippen LogP contribution < -0.4 is 0 Å². The summed E-state index contributed by atoms with van der Waals surface area (Å²) < 4.78 is 0. The summed E-state index contributed by atoms with van der Waals surface area (Å²) >= 11 is 1.63. The molecule has 1 N–H and O–H groups in total. The molecule has 2 rings (SSSR count). The van der Waals surface area contributed by atoms with Gasteiger partial charge in [0.05, 0.1) is 11.1 Å². The van der Waals surface area contributed by atoms with Gasteiger partial charge in [0.15, 0.2) is 0 Å². The van der Waals surface area contributed by atoms with Gasteiger partial charge >= 0.3 is 0 Å². The van der Waals surface area contributed by atoms with Crippen molar-refractivity contribution in [1.82, 2.24) is 9.88 Å². The maximum absolute atomic E-state index is 10.4. The molecule has 0 bridgehead atoms. The molecule has 0 aliphatic carbocycles. The topological polar surface area (TPSA) is 36.4 Å². The summed E-state index contributed by atoms with van der Waals surface area (Å²) in [6.45, 7) is 1.88. The van der Waals surface area contributed by atoms with Crippen LogP contribution in [-0.2, 0) is 6.42 Å². The van der Waals surface area contributed by atoms with Crippen LogP contribution in [0.2, 0.25) is 0 Å². The van der Waals surface area contributed by atoms with Crippen molar-refractivity contribution in [3.8, 4) is 0 Å². The lowest BCUT2D eigenvalue weighted by Crippen LogP contribution is -2.47. The number of likely N-dealkylation sites (tertiary alicyclic amines) is 1. The van der Waals surface area contributed by atoms with E-state index < -0.39 is 5.60 Å². The van der Waals surface area contributed by atoms with E-state index in [1.165, 1.54) is 4.88 Å². The maximum atomic E-state index is 10.4. The van der Waals surface area contributed by atoms with Crippen LogP contribution in [0, 0.1) is 0 Å². The molecule has 0 aromatic carbocycles. The van der Waals surface area contributed by atoms with Gasteiger partial charge in [-0.15, -0.1) is 11.3 Å². The quantitative estimate of drug-likeness (QED) is 0.798. The zero-order chi connectivity index (χ0) is 10.0. The molecular formula is C10H16N2OS. The molecule has 4 heteroatoms. The first-order valence-electron chi connectivity index (χ1n) is 4.96. The van der Waals surface area contributed by atoms with Gasteiger partial charge in [0.1, 0.15) is 0 Å². The Balaban J connectivity index is 2.01. The van der Waals surface area contributed by atoms with Crippen LogP contribution in [0.25, 0.3) is 0 Å². The average molecular weight is 212 g/mol. The molecule has 1 aromatic heterocycles. The molecule has 0 spiro atoms. The van der Waals surface area contributed by atoms with Crippen molar-refractivity contribution in [2.24, 2.45) is 0 Å². The van der Waals surface area contributed by atoms with Gasteiger partial charge in [-0.05, 0) is 26.4 Å². The van der Waals surface area contributed by atoms with Gasteiger partial charge in [0.2, 0.25) is 0 Å². The van der Waals surface area contributed by atoms with E-state index in [9.17, 15) is 5.11 Å². The van der Waals surface area contributed by atoms with Gasteiger partial charge < -0.3 is 10.0 Å². The van der Waals surface area contributed by atoms with E-state index in [1.54, 1.807) is 11.3 Å². The number of nitrogens with zero attached hydrogens (tertiary/aromatic N) is 2. The van der Waals surface area contributed by atoms with Crippen LogP contribution in [0.1, 0.15) is 17.7 Å². The van der Waals surface area contributed by atoms with Crippen LogP contribution in [0.15, 0.2) is 11.7 Å². The van der Waals surface area contributed by atoms with Gasteiger partial charge in [-0.25, -0.2) is 0 Å². The second kappa shape index (κ2) is 3.96. The third-order valence-corrected chi connectivity index (χ3v) is 3.51. The molecular weight excluding hydrogens is 196 g/mol. The van der Waals surface area contributed by atoms with Gasteiger partial charge in [-0.2, -0.15) is 0 Å². The average Bonchev–Trinajstić information content (AvgIpc) is 2.55. The molecule has 0 saturated carbocycles. The number of β-amino-alcohol motifs (C(OH)–C–C–N with tert-alkyl or cyclic N) is 1. The number of hydrogen-bond donors (Lipinski definition) is 1. The van der Waals surface area contributed by atoms with E-state index in [2.05, 4.69) is 16.9 Å². The number of rotatable bonds is 2. The minimum atomic E-state index is -0.528. The molecule has 0 radical (unpaired) electrons. The van der Waals surface area contributed by atoms with Crippen LogP contribution in [-0.4, -0.2) is 40.7 Å². The lowest BCUT2D eigenvalue weighted by Gasteiger charge is -2.37. The summed E-state index contributed by atoms with van der Waals surface area (Å²) in [7, 11) is 2.07. The Morgan fingerprint density at radius 1 is 1.71 bits per heavy atom. The summed E-state index contributed by atoms with van der Waals surface area (Å²) in [4.78, 5) is 7.41. The number of aromatic nitrogens is 1. The van der Waals surface area contributed by atoms with E-state index in [-0.39, 0.29) is 0 Å². The van der Waals surface area contributed by atoms with Gasteiger partial charge in [-0.1, -0.05) is 0 Å². The fourth-order valence-corrected chi connectivity index (χ4v) is 2.87. The summed E-state index contributed by atoms with van der Waals surface area (Å²) in [6, 6.07) is 0. The fourth-order valence-electron chi connectivity index (χ4n) is 2.14. The minimum absolute atomic E-state index is 0.528. The lowest BCUT2D eigenvalue weighted by atomic mass is 9.89. The molecule has 1 aliphatic heterocycles. The van der Waals surface area contributed by atoms with E-state index in [1.807, 2.05) is 11.7 Å². The summed E-state index contributed by atoms with van der Waals surface area (Å²) in [5, 5.41) is 10.4. The first-order chi connectivity index (χ1) is 6.68. The van der Waals surface area contributed by atoms with Gasteiger partial charge in [-0.3, -0.25) is 4.98 Å². The van der Waals surface area contributed by atoms with Crippen molar-refractivity contribution in [2.75, 3.05) is 20.1 Å². The molecule has 1 atom stereocenters. The van der Waals surface area contributed by atoms with E-state index in [0.717, 1.165) is 32.4 Å². The van der Waals surface area contributed by atoms with Crippen molar-refractivity contribution in [2.45, 2.75) is 24.9 Å². The Labute approximate surface area is 88.4 Å². The number of aliphatic hydroxyl groups is 1. The molecule has 1 unspecified atom stereocenters. The minimum Gasteiger partial charge on any atom is -0.388 e. The number of thiazole rings is 1. The Kier molecular flexibility index (Phi) is 2.85. The first kappa shape index (κ1) is 10.1. The van der Waals surface area contributed by atoms with Gasteiger partial charge in [0, 0.05) is 24.0 Å². The SMILES string of the molecule is CN1CCCC(O)(Cc2cncs2)C1. The zero-order valence-electron chi connectivity index (χ0n) is 8.44. The highest BCUT2D eigenvalue weighted by Gasteiger charge is 2.32. The van der Waals surface area contributed by atoms with Crippen LogP contribution >= 0.6 is 11.3 Å². The van der Waals surface area contributed by atoms with Crippen molar-refractivity contribution < 1.29 is 5.11 Å². The Morgan fingerprint density at radius 3 is 3.21 bits per heavy atom. The molecule has 3 nitrogen and oxygen atoms in total. The lowest BCUT2D eigenvalue weighted by molar-refractivity contribution is -0.0218. The first-order valence-corrected chi connectivity index (χ1v) is 5.84. The molecule has 1 aromatic rings. The molecule has 1 saturated heterocycles. The van der Waals surface area contributed by atoms with E-state index in [4.69, 9.17) is 0 Å². The number of likely N-dealkylation sites (N-methyl/N-ethyl adjacent to an activating group) is 1. The summed E-state index contributed by atoms with van der Waals surface area (Å²) in [5.41, 5.74) is 1.30. The second-order valence-electron chi connectivity index (χ2n) is 4.21. The highest BCUT2D eigenvalue weighted by Crippen LogP contribution is 2.25. The van der Waals surface area contributed by atoms with Crippen LogP contribution in [0.3, 0.4) is 0 Å². The molecule has 1 fully saturated rings. The maximum Gasteiger partial charge on any atom is 0.0823 e. The van der Waals surface area contributed by atoms with Crippen molar-refractivity contribution >= 4 is 11.3 Å². The third kappa shape index (κ3) is 2.32. The standard InChI is InChI=1S/C10H16N2OS/c1-12-4-2-3-10(13,7-12)5-9-6-11-8-14-9/h6,8,13H,2-5,7H2,1H3. The fraction of sp³-hybridized carbons (Fsp3) is 0.700. The Bertz CT molecular complexity index is 288. The highest BCUT2D eigenvalue weighted by atomic mass is 32.1. The van der Waals surface area contributed by atoms with E-state index in [0.29, 0.717) is 0 Å². The predicted octanol–water partition coefficient (Wildman–Crippen LogP) is 1.14. The molecule has 0 amide bonds. The number of piperidine rings is 1. The largest absolute Gasteiger partial charge is 0.388 e. The third-order valence-electron chi connectivity index (χ3n) is 2.73. The molecule has 2 heterocycles. The van der Waals surface area contributed by atoms with Gasteiger partial charge in [0.25, 0.3) is 0 Å². The predicted molar refractivity (Wildman–Crippen MR) is 57.5 cm³/mol. The molecule has 14 heavy (non-hydrogen) atoms.